The summed E-state index contributed by atoms with van der Waals surface area (Å²) in [7, 11) is 4.08. The van der Waals surface area contributed by atoms with E-state index >= 15 is 0 Å². The van der Waals surface area contributed by atoms with Crippen molar-refractivity contribution in [1.29, 1.82) is 0 Å². The highest BCUT2D eigenvalue weighted by Gasteiger charge is 2.30. The number of amides is 2. The van der Waals surface area contributed by atoms with Crippen LogP contribution in [0.5, 0.6) is 0 Å². The Kier molecular flexibility index (Phi) is 6.51. The number of para-hydroxylation sites is 1. The number of nitrogens with two attached hydrogens (primary N) is 1. The van der Waals surface area contributed by atoms with Gasteiger partial charge in [-0.15, -0.1) is 0 Å². The average Bonchev–Trinajstić information content (AvgIpc) is 2.75. The molecule has 0 atom stereocenters. The van der Waals surface area contributed by atoms with Gasteiger partial charge in [-0.25, -0.2) is 9.78 Å². The highest BCUT2D eigenvalue weighted by atomic mass is 35.5. The fourth-order valence-corrected chi connectivity index (χ4v) is 5.04. The molecule has 166 valence electrons. The number of aromatic nitrogens is 2. The molecule has 1 heterocycles. The number of primary amides is 1. The molecule has 4 rings (SSSR count). The zero-order valence-corrected chi connectivity index (χ0v) is 19.0. The minimum absolute atomic E-state index is 0.0391. The number of hydrogen-bond donors (Lipinski definition) is 2. The summed E-state index contributed by atoms with van der Waals surface area (Å²) in [4.78, 5) is 25.6. The second kappa shape index (κ2) is 9.30. The van der Waals surface area contributed by atoms with E-state index in [2.05, 4.69) is 10.2 Å². The number of anilines is 3. The molecule has 0 unspecified atom stereocenters. The molecular weight excluding hydrogens is 412 g/mol. The van der Waals surface area contributed by atoms with Crippen LogP contribution in [0.2, 0.25) is 5.02 Å². The molecule has 8 heteroatoms. The van der Waals surface area contributed by atoms with E-state index in [9.17, 15) is 4.79 Å². The zero-order chi connectivity index (χ0) is 22.0. The molecule has 3 N–H and O–H groups in total. The number of aryl methyl sites for hydroxylation is 1. The van der Waals surface area contributed by atoms with Gasteiger partial charge in [-0.3, -0.25) is 4.90 Å². The van der Waals surface area contributed by atoms with Crippen molar-refractivity contribution in [3.63, 3.8) is 0 Å². The lowest BCUT2D eigenvalue weighted by molar-refractivity contribution is 0.248. The lowest BCUT2D eigenvalue weighted by atomic mass is 9.90. The molecule has 2 aromatic rings. The van der Waals surface area contributed by atoms with E-state index < -0.39 is 6.03 Å². The maximum absolute atomic E-state index is 12.2. The van der Waals surface area contributed by atoms with E-state index in [0.717, 1.165) is 44.3 Å². The smallest absolute Gasteiger partial charge is 0.319 e. The summed E-state index contributed by atoms with van der Waals surface area (Å²) in [6.45, 7) is 0. The van der Waals surface area contributed by atoms with E-state index in [0.29, 0.717) is 16.7 Å². The highest BCUT2D eigenvalue weighted by molar-refractivity contribution is 6.33. The van der Waals surface area contributed by atoms with Crippen LogP contribution >= 0.6 is 11.6 Å². The average molecular weight is 443 g/mol. The minimum Gasteiger partial charge on any atom is -0.362 e. The van der Waals surface area contributed by atoms with Crippen molar-refractivity contribution >= 4 is 35.1 Å². The predicted molar refractivity (Wildman–Crippen MR) is 126 cm³/mol. The van der Waals surface area contributed by atoms with Crippen molar-refractivity contribution < 1.29 is 4.79 Å². The fraction of sp³-hybridized carbons (Fsp3) is 0.522. The number of urea groups is 1. The quantitative estimate of drug-likeness (QED) is 0.717. The summed E-state index contributed by atoms with van der Waals surface area (Å²) in [5.41, 5.74) is 8.88. The van der Waals surface area contributed by atoms with Gasteiger partial charge in [0, 0.05) is 31.7 Å². The van der Waals surface area contributed by atoms with E-state index in [1.54, 1.807) is 11.0 Å². The third-order valence-corrected chi connectivity index (χ3v) is 6.65. The summed E-state index contributed by atoms with van der Waals surface area (Å²) in [6, 6.07) is 7.22. The summed E-state index contributed by atoms with van der Waals surface area (Å²) in [5.74, 6) is 1.74. The standard InChI is InChI=1S/C23H31ClN6O/c1-29(2)21-17-7-3-5-9-19(17)27-23(28-21)26-15-11-13-16(14-12-15)30(22(25)31)20-10-6-4-8-18(20)24/h4,6,8,10,15-16H,3,5,7,9,11-14H2,1-2H3,(H2,25,31)(H,26,27,28)/t15-,16+. The predicted octanol–water partition coefficient (Wildman–Crippen LogP) is 4.38. The second-order valence-corrected chi connectivity index (χ2v) is 9.11. The number of fused-ring (bicyclic) bond motifs is 1. The molecule has 1 fully saturated rings. The third kappa shape index (κ3) is 4.71. The molecule has 2 aliphatic rings. The van der Waals surface area contributed by atoms with Crippen LogP contribution in [-0.2, 0) is 12.8 Å². The van der Waals surface area contributed by atoms with Crippen LogP contribution in [0.1, 0.15) is 49.8 Å². The third-order valence-electron chi connectivity index (χ3n) is 6.33. The van der Waals surface area contributed by atoms with E-state index in [4.69, 9.17) is 27.3 Å². The Morgan fingerprint density at radius 1 is 1.10 bits per heavy atom. The van der Waals surface area contributed by atoms with E-state index in [1.165, 1.54) is 24.1 Å². The summed E-state index contributed by atoms with van der Waals surface area (Å²) >= 11 is 6.33. The molecule has 1 aromatic carbocycles. The SMILES string of the molecule is CN(C)c1nc(N[C@H]2CC[C@@H](N(C(N)=O)c3ccccc3Cl)CC2)nc2c1CCCC2. The Morgan fingerprint density at radius 3 is 2.48 bits per heavy atom. The lowest BCUT2D eigenvalue weighted by Gasteiger charge is -2.36. The first-order chi connectivity index (χ1) is 14.9. The number of nitrogens with one attached hydrogen (secondary N) is 1. The van der Waals surface area contributed by atoms with Crippen LogP contribution in [0.15, 0.2) is 24.3 Å². The van der Waals surface area contributed by atoms with Crippen LogP contribution < -0.4 is 20.9 Å². The van der Waals surface area contributed by atoms with Crippen LogP contribution in [0.4, 0.5) is 22.2 Å². The van der Waals surface area contributed by atoms with Gasteiger partial charge < -0.3 is 16.0 Å². The van der Waals surface area contributed by atoms with Gasteiger partial charge in [-0.1, -0.05) is 23.7 Å². The van der Waals surface area contributed by atoms with Crippen molar-refractivity contribution in [3.8, 4) is 0 Å². The molecular formula is C23H31ClN6O. The van der Waals surface area contributed by atoms with E-state index in [1.807, 2.05) is 32.3 Å². The molecule has 1 saturated carbocycles. The first-order valence-electron chi connectivity index (χ1n) is 11.1. The molecule has 0 saturated heterocycles. The maximum Gasteiger partial charge on any atom is 0.319 e. The second-order valence-electron chi connectivity index (χ2n) is 8.71. The number of halogens is 1. The lowest BCUT2D eigenvalue weighted by Crippen LogP contribution is -2.47. The fourth-order valence-electron chi connectivity index (χ4n) is 4.81. The van der Waals surface area contributed by atoms with Crippen molar-refractivity contribution in [3.05, 3.63) is 40.5 Å². The molecule has 0 bridgehead atoms. The van der Waals surface area contributed by atoms with Crippen molar-refractivity contribution in [1.82, 2.24) is 9.97 Å². The minimum atomic E-state index is -0.460. The monoisotopic (exact) mass is 442 g/mol. The molecule has 2 aliphatic carbocycles. The Labute approximate surface area is 189 Å². The van der Waals surface area contributed by atoms with Gasteiger partial charge in [0.2, 0.25) is 5.95 Å². The Morgan fingerprint density at radius 2 is 1.81 bits per heavy atom. The summed E-state index contributed by atoms with van der Waals surface area (Å²) in [5, 5.41) is 4.10. The number of nitrogens with zero attached hydrogens (tertiary/aromatic N) is 4. The van der Waals surface area contributed by atoms with Gasteiger partial charge in [0.1, 0.15) is 5.82 Å². The van der Waals surface area contributed by atoms with Crippen LogP contribution in [0, 0.1) is 0 Å². The van der Waals surface area contributed by atoms with Crippen molar-refractivity contribution in [2.24, 2.45) is 5.73 Å². The summed E-state index contributed by atoms with van der Waals surface area (Å²) < 4.78 is 0. The van der Waals surface area contributed by atoms with Gasteiger partial charge in [-0.2, -0.15) is 4.98 Å². The van der Waals surface area contributed by atoms with Gasteiger partial charge >= 0.3 is 6.03 Å². The first-order valence-corrected chi connectivity index (χ1v) is 11.5. The molecule has 0 aliphatic heterocycles. The number of hydrogen-bond acceptors (Lipinski definition) is 5. The summed E-state index contributed by atoms with van der Waals surface area (Å²) in [6.07, 6.45) is 7.98. The Bertz CT molecular complexity index is 942. The first kappa shape index (κ1) is 21.7. The number of rotatable bonds is 5. The van der Waals surface area contributed by atoms with Gasteiger partial charge in [0.05, 0.1) is 16.4 Å². The molecule has 7 nitrogen and oxygen atoms in total. The van der Waals surface area contributed by atoms with Gasteiger partial charge in [0.25, 0.3) is 0 Å². The number of carbonyl (C=O) groups is 1. The number of carbonyl (C=O) groups excluding carboxylic acids is 1. The largest absolute Gasteiger partial charge is 0.362 e. The van der Waals surface area contributed by atoms with Crippen LogP contribution in [0.25, 0.3) is 0 Å². The molecule has 2 amide bonds. The van der Waals surface area contributed by atoms with Crippen molar-refractivity contribution in [2.75, 3.05) is 29.2 Å². The van der Waals surface area contributed by atoms with E-state index in [-0.39, 0.29) is 12.1 Å². The molecule has 0 radical (unpaired) electrons. The number of benzene rings is 1. The molecule has 31 heavy (non-hydrogen) atoms. The Hall–Kier alpha value is -2.54. The zero-order valence-electron chi connectivity index (χ0n) is 18.3. The van der Waals surface area contributed by atoms with Gasteiger partial charge in [0.15, 0.2) is 0 Å². The molecule has 1 aromatic heterocycles. The normalized spacial score (nSPS) is 20.6. The highest BCUT2D eigenvalue weighted by Crippen LogP contribution is 2.33. The molecule has 0 spiro atoms. The Balaban J connectivity index is 1.45. The van der Waals surface area contributed by atoms with Crippen LogP contribution in [-0.4, -0.2) is 42.2 Å². The van der Waals surface area contributed by atoms with Crippen molar-refractivity contribution in [2.45, 2.75) is 63.5 Å². The van der Waals surface area contributed by atoms with Crippen LogP contribution in [0.3, 0.4) is 0 Å². The maximum atomic E-state index is 12.2. The van der Waals surface area contributed by atoms with Gasteiger partial charge in [-0.05, 0) is 63.5 Å². The topological polar surface area (TPSA) is 87.4 Å².